The van der Waals surface area contributed by atoms with Gasteiger partial charge in [-0.25, -0.2) is 0 Å². The smallest absolute Gasteiger partial charge is 0.108 e. The summed E-state index contributed by atoms with van der Waals surface area (Å²) in [5, 5.41) is 21.1. The van der Waals surface area contributed by atoms with Gasteiger partial charge < -0.3 is 10.2 Å². The van der Waals surface area contributed by atoms with Gasteiger partial charge in [-0.05, 0) is 50.0 Å². The molecule has 86 valence electrons. The van der Waals surface area contributed by atoms with Crippen molar-refractivity contribution < 1.29 is 10.2 Å². The highest BCUT2D eigenvalue weighted by atomic mass is 16.3. The maximum absolute atomic E-state index is 10.5. The SMILES string of the molecule is CC1=C(C)C(C)(O)c2ccccc2C1(C)O. The van der Waals surface area contributed by atoms with Gasteiger partial charge in [-0.2, -0.15) is 0 Å². The number of hydrogen-bond acceptors (Lipinski definition) is 2. The summed E-state index contributed by atoms with van der Waals surface area (Å²) in [7, 11) is 0. The largest absolute Gasteiger partial charge is 0.381 e. The van der Waals surface area contributed by atoms with E-state index in [9.17, 15) is 10.2 Å². The molecular weight excluding hydrogens is 200 g/mol. The fourth-order valence-electron chi connectivity index (χ4n) is 2.47. The predicted molar refractivity (Wildman–Crippen MR) is 64.0 cm³/mol. The van der Waals surface area contributed by atoms with Crippen LogP contribution < -0.4 is 0 Å². The van der Waals surface area contributed by atoms with Crippen molar-refractivity contribution in [1.82, 2.24) is 0 Å². The molecule has 1 aliphatic rings. The van der Waals surface area contributed by atoms with E-state index in [1.165, 1.54) is 0 Å². The lowest BCUT2D eigenvalue weighted by Crippen LogP contribution is -2.38. The predicted octanol–water partition coefficient (Wildman–Crippen LogP) is 2.45. The van der Waals surface area contributed by atoms with Crippen molar-refractivity contribution in [3.05, 3.63) is 46.5 Å². The molecule has 0 radical (unpaired) electrons. The third-order valence-corrected chi connectivity index (χ3v) is 4.00. The van der Waals surface area contributed by atoms with E-state index in [-0.39, 0.29) is 0 Å². The van der Waals surface area contributed by atoms with Crippen LogP contribution in [0, 0.1) is 0 Å². The van der Waals surface area contributed by atoms with Crippen LogP contribution in [0.2, 0.25) is 0 Å². The van der Waals surface area contributed by atoms with Gasteiger partial charge in [-0.1, -0.05) is 24.3 Å². The highest BCUT2D eigenvalue weighted by molar-refractivity contribution is 5.50. The summed E-state index contributed by atoms with van der Waals surface area (Å²) in [5.41, 5.74) is 1.28. The van der Waals surface area contributed by atoms with Crippen LogP contribution in [0.15, 0.2) is 35.4 Å². The third-order valence-electron chi connectivity index (χ3n) is 4.00. The number of aliphatic hydroxyl groups is 2. The second-order valence-corrected chi connectivity index (χ2v) is 4.94. The van der Waals surface area contributed by atoms with Crippen molar-refractivity contribution in [2.24, 2.45) is 0 Å². The van der Waals surface area contributed by atoms with Gasteiger partial charge in [-0.15, -0.1) is 0 Å². The third kappa shape index (κ3) is 1.27. The summed E-state index contributed by atoms with van der Waals surface area (Å²) in [5.74, 6) is 0. The summed E-state index contributed by atoms with van der Waals surface area (Å²) in [6.45, 7) is 7.30. The first kappa shape index (κ1) is 11.4. The molecule has 0 spiro atoms. The van der Waals surface area contributed by atoms with E-state index in [4.69, 9.17) is 0 Å². The Morgan fingerprint density at radius 2 is 1.12 bits per heavy atom. The lowest BCUT2D eigenvalue weighted by atomic mass is 9.70. The van der Waals surface area contributed by atoms with Gasteiger partial charge in [0.2, 0.25) is 0 Å². The zero-order valence-electron chi connectivity index (χ0n) is 10.2. The number of fused-ring (bicyclic) bond motifs is 1. The number of rotatable bonds is 0. The van der Waals surface area contributed by atoms with E-state index in [2.05, 4.69) is 0 Å². The molecule has 2 unspecified atom stereocenters. The molecule has 0 saturated heterocycles. The van der Waals surface area contributed by atoms with Gasteiger partial charge in [0.1, 0.15) is 11.2 Å². The Balaban J connectivity index is 2.80. The van der Waals surface area contributed by atoms with Crippen LogP contribution in [-0.4, -0.2) is 10.2 Å². The molecule has 2 heteroatoms. The van der Waals surface area contributed by atoms with Gasteiger partial charge >= 0.3 is 0 Å². The molecule has 0 heterocycles. The Labute approximate surface area is 96.2 Å². The first-order chi connectivity index (χ1) is 7.29. The van der Waals surface area contributed by atoms with Crippen LogP contribution >= 0.6 is 0 Å². The van der Waals surface area contributed by atoms with Crippen molar-refractivity contribution in [2.75, 3.05) is 0 Å². The molecule has 0 amide bonds. The highest BCUT2D eigenvalue weighted by Gasteiger charge is 2.42. The molecule has 2 N–H and O–H groups in total. The van der Waals surface area contributed by atoms with Crippen LogP contribution in [0.4, 0.5) is 0 Å². The summed E-state index contributed by atoms with van der Waals surface area (Å²) in [6, 6.07) is 7.52. The van der Waals surface area contributed by atoms with E-state index in [0.717, 1.165) is 22.3 Å². The molecule has 1 aromatic carbocycles. The second kappa shape index (κ2) is 3.19. The molecule has 16 heavy (non-hydrogen) atoms. The molecule has 0 bridgehead atoms. The summed E-state index contributed by atoms with van der Waals surface area (Å²) in [6.07, 6.45) is 0. The Kier molecular flexibility index (Phi) is 2.26. The normalized spacial score (nSPS) is 33.9. The van der Waals surface area contributed by atoms with Crippen LogP contribution in [0.3, 0.4) is 0 Å². The fourth-order valence-corrected chi connectivity index (χ4v) is 2.47. The average molecular weight is 218 g/mol. The topological polar surface area (TPSA) is 40.5 Å². The van der Waals surface area contributed by atoms with E-state index in [0.29, 0.717) is 0 Å². The van der Waals surface area contributed by atoms with Crippen LogP contribution in [0.25, 0.3) is 0 Å². The molecule has 1 aromatic rings. The van der Waals surface area contributed by atoms with Crippen LogP contribution in [-0.2, 0) is 11.2 Å². The van der Waals surface area contributed by atoms with E-state index < -0.39 is 11.2 Å². The Bertz CT molecular complexity index is 424. The van der Waals surface area contributed by atoms with Crippen molar-refractivity contribution >= 4 is 0 Å². The minimum Gasteiger partial charge on any atom is -0.381 e. The average Bonchev–Trinajstić information content (AvgIpc) is 2.25. The molecule has 0 fully saturated rings. The molecule has 0 saturated carbocycles. The zero-order valence-corrected chi connectivity index (χ0v) is 10.2. The van der Waals surface area contributed by atoms with Gasteiger partial charge in [0, 0.05) is 0 Å². The quantitative estimate of drug-likeness (QED) is 0.657. The Hall–Kier alpha value is -1.12. The second-order valence-electron chi connectivity index (χ2n) is 4.94. The lowest BCUT2D eigenvalue weighted by Gasteiger charge is -2.41. The van der Waals surface area contributed by atoms with Crippen molar-refractivity contribution in [2.45, 2.75) is 38.9 Å². The van der Waals surface area contributed by atoms with Crippen LogP contribution in [0.5, 0.6) is 0 Å². The van der Waals surface area contributed by atoms with Crippen LogP contribution in [0.1, 0.15) is 38.8 Å². The van der Waals surface area contributed by atoms with Gasteiger partial charge in [0.05, 0.1) is 0 Å². The van der Waals surface area contributed by atoms with Crippen molar-refractivity contribution in [3.8, 4) is 0 Å². The zero-order chi connectivity index (χ0) is 12.1. The van der Waals surface area contributed by atoms with E-state index >= 15 is 0 Å². The molecule has 2 rings (SSSR count). The first-order valence-electron chi connectivity index (χ1n) is 5.52. The number of hydrogen-bond donors (Lipinski definition) is 2. The van der Waals surface area contributed by atoms with Crippen molar-refractivity contribution in [1.29, 1.82) is 0 Å². The standard InChI is InChI=1S/C14H18O2/c1-9-10(2)14(4,16)12-8-6-5-7-11(12)13(9,3)15/h5-8,15-16H,1-4H3. The minimum atomic E-state index is -0.983. The minimum absolute atomic E-state index is 0.795. The molecule has 1 aliphatic carbocycles. The molecule has 0 aromatic heterocycles. The molecule has 2 atom stereocenters. The monoisotopic (exact) mass is 218 g/mol. The summed E-state index contributed by atoms with van der Waals surface area (Å²) >= 11 is 0. The van der Waals surface area contributed by atoms with Crippen molar-refractivity contribution in [3.63, 3.8) is 0 Å². The van der Waals surface area contributed by atoms with E-state index in [1.807, 2.05) is 38.1 Å². The lowest BCUT2D eigenvalue weighted by molar-refractivity contribution is 0.0468. The maximum Gasteiger partial charge on any atom is 0.108 e. The summed E-state index contributed by atoms with van der Waals surface area (Å²) < 4.78 is 0. The Morgan fingerprint density at radius 3 is 1.44 bits per heavy atom. The van der Waals surface area contributed by atoms with Gasteiger partial charge in [0.15, 0.2) is 0 Å². The molecule has 2 nitrogen and oxygen atoms in total. The van der Waals surface area contributed by atoms with Gasteiger partial charge in [-0.3, -0.25) is 0 Å². The van der Waals surface area contributed by atoms with Gasteiger partial charge in [0.25, 0.3) is 0 Å². The molecule has 0 aliphatic heterocycles. The first-order valence-corrected chi connectivity index (χ1v) is 5.52. The fraction of sp³-hybridized carbons (Fsp3) is 0.429. The highest BCUT2D eigenvalue weighted by Crippen LogP contribution is 2.46. The summed E-state index contributed by atoms with van der Waals surface area (Å²) in [4.78, 5) is 0. The maximum atomic E-state index is 10.5. The molecular formula is C14H18O2. The van der Waals surface area contributed by atoms with E-state index in [1.54, 1.807) is 13.8 Å². The Morgan fingerprint density at radius 1 is 0.812 bits per heavy atom. The number of benzene rings is 1.